The molecular weight excluding hydrogens is 332 g/mol. The van der Waals surface area contributed by atoms with Crippen LogP contribution in [0.1, 0.15) is 10.4 Å². The number of carboxylic acid groups (broad SMARTS) is 1. The number of ether oxygens (including phenoxy) is 1. The second-order valence-corrected chi connectivity index (χ2v) is 4.74. The van der Waals surface area contributed by atoms with Gasteiger partial charge in [-0.25, -0.2) is 9.59 Å². The van der Waals surface area contributed by atoms with Crippen molar-refractivity contribution >= 4 is 11.9 Å². The largest absolute Gasteiger partial charge is 0.504 e. The molecule has 0 radical (unpaired) electrons. The number of carbonyl (C=O) groups is 2. The lowest BCUT2D eigenvalue weighted by Gasteiger charge is -2.24. The third-order valence-corrected chi connectivity index (χ3v) is 3.01. The Balaban J connectivity index is 2.96. The van der Waals surface area contributed by atoms with Gasteiger partial charge in [0.1, 0.15) is 18.3 Å². The Morgan fingerprint density at radius 3 is 2.12 bits per heavy atom. The SMILES string of the molecule is O=C(O)c1cc(O)c(O)c(OC(=O)[C@H](O)[C@@H](O)[C@H](O)[C@H](O)CO)c1. The summed E-state index contributed by atoms with van der Waals surface area (Å²) >= 11 is 0. The van der Waals surface area contributed by atoms with Crippen LogP contribution in [0.4, 0.5) is 0 Å². The maximum atomic E-state index is 11.7. The van der Waals surface area contributed by atoms with E-state index in [0.717, 1.165) is 0 Å². The van der Waals surface area contributed by atoms with Crippen LogP contribution in [0.2, 0.25) is 0 Å². The molecule has 1 rings (SSSR count). The molecule has 0 saturated heterocycles. The number of aliphatic hydroxyl groups is 5. The highest BCUT2D eigenvalue weighted by Crippen LogP contribution is 2.36. The molecule has 0 aliphatic heterocycles. The molecule has 11 heteroatoms. The van der Waals surface area contributed by atoms with Gasteiger partial charge >= 0.3 is 11.9 Å². The Kier molecular flexibility index (Phi) is 6.45. The van der Waals surface area contributed by atoms with Gasteiger partial charge in [0.25, 0.3) is 0 Å². The molecule has 8 N–H and O–H groups in total. The van der Waals surface area contributed by atoms with Gasteiger partial charge in [0.15, 0.2) is 17.6 Å². The monoisotopic (exact) mass is 348 g/mol. The third-order valence-electron chi connectivity index (χ3n) is 3.01. The van der Waals surface area contributed by atoms with Crippen molar-refractivity contribution in [1.82, 2.24) is 0 Å². The van der Waals surface area contributed by atoms with Crippen molar-refractivity contribution in [2.24, 2.45) is 0 Å². The van der Waals surface area contributed by atoms with Crippen molar-refractivity contribution in [2.45, 2.75) is 24.4 Å². The maximum Gasteiger partial charge on any atom is 0.343 e. The van der Waals surface area contributed by atoms with Gasteiger partial charge < -0.3 is 45.6 Å². The fourth-order valence-electron chi connectivity index (χ4n) is 1.62. The van der Waals surface area contributed by atoms with Crippen molar-refractivity contribution in [2.75, 3.05) is 6.61 Å². The van der Waals surface area contributed by atoms with Crippen LogP contribution >= 0.6 is 0 Å². The predicted octanol–water partition coefficient (Wildman–Crippen LogP) is -2.86. The number of phenolic OH excluding ortho intramolecular Hbond substituents is 2. The van der Waals surface area contributed by atoms with Gasteiger partial charge in [0.05, 0.1) is 12.2 Å². The summed E-state index contributed by atoms with van der Waals surface area (Å²) in [6, 6.07) is 1.36. The Bertz CT molecular complexity index is 614. The highest BCUT2D eigenvalue weighted by atomic mass is 16.6. The molecule has 0 saturated carbocycles. The van der Waals surface area contributed by atoms with Gasteiger partial charge in [-0.1, -0.05) is 0 Å². The van der Waals surface area contributed by atoms with Gasteiger partial charge in [-0.2, -0.15) is 0 Å². The van der Waals surface area contributed by atoms with Crippen LogP contribution in [0, 0.1) is 0 Å². The van der Waals surface area contributed by atoms with Crippen LogP contribution in [-0.2, 0) is 4.79 Å². The van der Waals surface area contributed by atoms with Crippen molar-refractivity contribution in [3.8, 4) is 17.2 Å². The Hall–Kier alpha value is -2.44. The lowest BCUT2D eigenvalue weighted by atomic mass is 10.0. The zero-order chi connectivity index (χ0) is 18.6. The number of phenols is 2. The van der Waals surface area contributed by atoms with Gasteiger partial charge in [0.2, 0.25) is 5.75 Å². The van der Waals surface area contributed by atoms with Crippen LogP contribution in [0.15, 0.2) is 12.1 Å². The maximum absolute atomic E-state index is 11.7. The summed E-state index contributed by atoms with van der Waals surface area (Å²) in [6.07, 6.45) is -8.60. The molecule has 0 aliphatic carbocycles. The number of esters is 1. The third kappa shape index (κ3) is 4.31. The molecule has 0 amide bonds. The van der Waals surface area contributed by atoms with Crippen LogP contribution < -0.4 is 4.74 Å². The zero-order valence-corrected chi connectivity index (χ0v) is 12.0. The minimum Gasteiger partial charge on any atom is -0.504 e. The summed E-state index contributed by atoms with van der Waals surface area (Å²) in [5.74, 6) is -5.86. The second-order valence-electron chi connectivity index (χ2n) is 4.74. The van der Waals surface area contributed by atoms with Crippen LogP contribution in [0.5, 0.6) is 17.2 Å². The second kappa shape index (κ2) is 7.90. The molecule has 0 bridgehead atoms. The van der Waals surface area contributed by atoms with Gasteiger partial charge in [-0.15, -0.1) is 0 Å². The molecule has 0 aromatic heterocycles. The summed E-state index contributed by atoms with van der Waals surface area (Å²) in [5, 5.41) is 73.9. The zero-order valence-electron chi connectivity index (χ0n) is 12.0. The van der Waals surface area contributed by atoms with E-state index in [4.69, 9.17) is 15.3 Å². The number of carboxylic acids is 1. The summed E-state index contributed by atoms with van der Waals surface area (Å²) in [6.45, 7) is -0.963. The van der Waals surface area contributed by atoms with E-state index in [1.54, 1.807) is 0 Å². The smallest absolute Gasteiger partial charge is 0.343 e. The topological polar surface area (TPSA) is 205 Å². The fraction of sp³-hybridized carbons (Fsp3) is 0.385. The summed E-state index contributed by atoms with van der Waals surface area (Å²) < 4.78 is 4.49. The highest BCUT2D eigenvalue weighted by molar-refractivity contribution is 5.90. The van der Waals surface area contributed by atoms with Crippen molar-refractivity contribution < 1.29 is 55.2 Å². The number of aliphatic hydroxyl groups excluding tert-OH is 5. The number of hydrogen-bond donors (Lipinski definition) is 8. The summed E-state index contributed by atoms with van der Waals surface area (Å²) in [5.41, 5.74) is -0.543. The Labute approximate surface area is 134 Å². The predicted molar refractivity (Wildman–Crippen MR) is 73.5 cm³/mol. The number of rotatable bonds is 7. The molecule has 0 spiro atoms. The average molecular weight is 348 g/mol. The van der Waals surface area contributed by atoms with Crippen molar-refractivity contribution in [3.63, 3.8) is 0 Å². The first-order chi connectivity index (χ1) is 11.1. The molecule has 0 heterocycles. The molecule has 0 unspecified atom stereocenters. The first kappa shape index (κ1) is 19.6. The lowest BCUT2D eigenvalue weighted by molar-refractivity contribution is -0.161. The molecule has 1 aromatic rings. The Morgan fingerprint density at radius 2 is 1.62 bits per heavy atom. The molecule has 24 heavy (non-hydrogen) atoms. The summed E-state index contributed by atoms with van der Waals surface area (Å²) in [7, 11) is 0. The van der Waals surface area contributed by atoms with E-state index in [2.05, 4.69) is 4.74 Å². The van der Waals surface area contributed by atoms with E-state index in [0.29, 0.717) is 12.1 Å². The lowest BCUT2D eigenvalue weighted by Crippen LogP contribution is -2.49. The molecule has 1 aromatic carbocycles. The number of aromatic carboxylic acids is 1. The Morgan fingerprint density at radius 1 is 1.04 bits per heavy atom. The van der Waals surface area contributed by atoms with E-state index in [1.807, 2.05) is 0 Å². The van der Waals surface area contributed by atoms with E-state index in [9.17, 15) is 35.1 Å². The minimum absolute atomic E-state index is 0.543. The van der Waals surface area contributed by atoms with E-state index < -0.39 is 65.8 Å². The average Bonchev–Trinajstić information content (AvgIpc) is 2.55. The van der Waals surface area contributed by atoms with Crippen LogP contribution in [0.25, 0.3) is 0 Å². The van der Waals surface area contributed by atoms with E-state index >= 15 is 0 Å². The standard InChI is InChI=1S/C13H16O11/c14-3-6(16)9(18)10(19)11(20)13(23)24-7-2-4(12(21)22)1-5(15)8(7)17/h1-2,6,9-11,14-20H,3H2,(H,21,22)/t6-,9-,10+,11-/m1/s1. The van der Waals surface area contributed by atoms with Crippen LogP contribution in [0.3, 0.4) is 0 Å². The molecular formula is C13H16O11. The van der Waals surface area contributed by atoms with Gasteiger partial charge in [0, 0.05) is 0 Å². The van der Waals surface area contributed by atoms with Crippen molar-refractivity contribution in [1.29, 1.82) is 0 Å². The quantitative estimate of drug-likeness (QED) is 0.143. The van der Waals surface area contributed by atoms with Gasteiger partial charge in [-0.05, 0) is 12.1 Å². The molecule has 0 fully saturated rings. The first-order valence-corrected chi connectivity index (χ1v) is 6.44. The van der Waals surface area contributed by atoms with Crippen molar-refractivity contribution in [3.05, 3.63) is 17.7 Å². The molecule has 134 valence electrons. The number of hydrogen-bond acceptors (Lipinski definition) is 10. The number of aromatic hydroxyl groups is 2. The molecule has 11 nitrogen and oxygen atoms in total. The number of benzene rings is 1. The summed E-state index contributed by atoms with van der Waals surface area (Å²) in [4.78, 5) is 22.5. The van der Waals surface area contributed by atoms with Crippen LogP contribution in [-0.4, -0.2) is 83.8 Å². The highest BCUT2D eigenvalue weighted by Gasteiger charge is 2.36. The van der Waals surface area contributed by atoms with E-state index in [1.165, 1.54) is 0 Å². The number of carbonyl (C=O) groups excluding carboxylic acids is 1. The van der Waals surface area contributed by atoms with E-state index in [-0.39, 0.29) is 0 Å². The minimum atomic E-state index is -2.41. The normalized spacial score (nSPS) is 16.0. The molecule has 4 atom stereocenters. The van der Waals surface area contributed by atoms with Gasteiger partial charge in [-0.3, -0.25) is 0 Å². The molecule has 0 aliphatic rings. The first-order valence-electron chi connectivity index (χ1n) is 6.44. The fourth-order valence-corrected chi connectivity index (χ4v) is 1.62.